The van der Waals surface area contributed by atoms with Crippen LogP contribution in [0.15, 0.2) is 28.7 Å². The molecule has 2 aliphatic rings. The molecule has 6 heteroatoms. The van der Waals surface area contributed by atoms with E-state index in [1.165, 1.54) is 0 Å². The lowest BCUT2D eigenvalue weighted by atomic mass is 9.94. The number of carbonyl (C=O) groups is 3. The van der Waals surface area contributed by atoms with Gasteiger partial charge in [-0.1, -0.05) is 12.1 Å². The summed E-state index contributed by atoms with van der Waals surface area (Å²) in [4.78, 5) is 38.9. The Kier molecular flexibility index (Phi) is 5.03. The maximum absolute atomic E-state index is 12.6. The van der Waals surface area contributed by atoms with Gasteiger partial charge < -0.3 is 14.6 Å². The Morgan fingerprint density at radius 2 is 1.79 bits per heavy atom. The van der Waals surface area contributed by atoms with E-state index in [4.69, 9.17) is 4.42 Å². The zero-order valence-electron chi connectivity index (χ0n) is 16.0. The number of Topliss-reactive ketones (excluding diaryl/α,β-unsaturated/α-hetero) is 1. The van der Waals surface area contributed by atoms with E-state index < -0.39 is 0 Å². The molecule has 0 atom stereocenters. The lowest BCUT2D eigenvalue weighted by Gasteiger charge is -2.15. The predicted octanol–water partition coefficient (Wildman–Crippen LogP) is 3.52. The van der Waals surface area contributed by atoms with Crippen molar-refractivity contribution in [2.24, 2.45) is 0 Å². The third kappa shape index (κ3) is 3.59. The first-order valence-corrected chi connectivity index (χ1v) is 9.86. The molecule has 2 amide bonds. The van der Waals surface area contributed by atoms with Gasteiger partial charge in [-0.05, 0) is 43.9 Å². The van der Waals surface area contributed by atoms with Crippen molar-refractivity contribution in [1.29, 1.82) is 0 Å². The molecule has 0 unspecified atom stereocenters. The van der Waals surface area contributed by atoms with Crippen molar-refractivity contribution in [3.63, 3.8) is 0 Å². The third-order valence-corrected chi connectivity index (χ3v) is 5.54. The average molecular weight is 380 g/mol. The number of likely N-dealkylation sites (tertiary alicyclic amines) is 1. The molecule has 4 rings (SSSR count). The number of carbonyl (C=O) groups excluding carboxylic acids is 3. The van der Waals surface area contributed by atoms with Crippen LogP contribution in [0.3, 0.4) is 0 Å². The molecule has 1 N–H and O–H groups in total. The first-order valence-electron chi connectivity index (χ1n) is 9.86. The molecule has 1 saturated heterocycles. The molecule has 2 aromatic rings. The highest BCUT2D eigenvalue weighted by Gasteiger charge is 2.28. The fourth-order valence-electron chi connectivity index (χ4n) is 4.01. The van der Waals surface area contributed by atoms with Crippen LogP contribution in [0.1, 0.15) is 63.5 Å². The van der Waals surface area contributed by atoms with Crippen LogP contribution >= 0.6 is 0 Å². The van der Waals surface area contributed by atoms with Crippen LogP contribution in [0.25, 0.3) is 0 Å². The molecule has 0 radical (unpaired) electrons. The molecule has 1 aliphatic heterocycles. The SMILES string of the molecule is Cc1c(C(=O)Nc2ccc(CC(=O)N3CCCC3)cc2)oc2c1C(=O)CCC2. The van der Waals surface area contributed by atoms with Gasteiger partial charge >= 0.3 is 0 Å². The minimum absolute atomic E-state index is 0.0496. The monoisotopic (exact) mass is 380 g/mol. The summed E-state index contributed by atoms with van der Waals surface area (Å²) < 4.78 is 5.69. The first-order chi connectivity index (χ1) is 13.5. The molecule has 28 heavy (non-hydrogen) atoms. The largest absolute Gasteiger partial charge is 0.455 e. The fraction of sp³-hybridized carbons (Fsp3) is 0.409. The number of amides is 2. The van der Waals surface area contributed by atoms with Gasteiger partial charge in [0.05, 0.1) is 12.0 Å². The Bertz CT molecular complexity index is 921. The maximum atomic E-state index is 12.6. The molecular formula is C22H24N2O4. The molecule has 0 bridgehead atoms. The highest BCUT2D eigenvalue weighted by Crippen LogP contribution is 2.29. The molecule has 1 aromatic heterocycles. The number of nitrogens with one attached hydrogen (secondary N) is 1. The molecule has 1 aromatic carbocycles. The van der Waals surface area contributed by atoms with Crippen LogP contribution in [0.4, 0.5) is 5.69 Å². The zero-order valence-corrected chi connectivity index (χ0v) is 16.0. The molecule has 1 aliphatic carbocycles. The molecule has 0 spiro atoms. The van der Waals surface area contributed by atoms with Crippen molar-refractivity contribution in [2.45, 2.75) is 45.4 Å². The van der Waals surface area contributed by atoms with Gasteiger partial charge in [0.1, 0.15) is 5.76 Å². The fourth-order valence-corrected chi connectivity index (χ4v) is 4.01. The van der Waals surface area contributed by atoms with Gasteiger partial charge in [0, 0.05) is 37.2 Å². The second-order valence-corrected chi connectivity index (χ2v) is 7.55. The summed E-state index contributed by atoms with van der Waals surface area (Å²) in [5, 5.41) is 2.82. The predicted molar refractivity (Wildman–Crippen MR) is 105 cm³/mol. The summed E-state index contributed by atoms with van der Waals surface area (Å²) in [7, 11) is 0. The highest BCUT2D eigenvalue weighted by molar-refractivity contribution is 6.07. The van der Waals surface area contributed by atoms with E-state index in [1.54, 1.807) is 19.1 Å². The number of nitrogens with zero attached hydrogens (tertiary/aromatic N) is 1. The Morgan fingerprint density at radius 3 is 2.46 bits per heavy atom. The number of furan rings is 1. The number of ketones is 1. The summed E-state index contributed by atoms with van der Waals surface area (Å²) in [5.74, 6) is 0.660. The standard InChI is InChI=1S/C22H24N2O4/c1-14-20-17(25)5-4-6-18(20)28-21(14)22(27)23-16-9-7-15(8-10-16)13-19(26)24-11-2-3-12-24/h7-10H,2-6,11-13H2,1H3,(H,23,27). The zero-order chi connectivity index (χ0) is 19.7. The smallest absolute Gasteiger partial charge is 0.291 e. The van der Waals surface area contributed by atoms with E-state index in [0.29, 0.717) is 41.8 Å². The Balaban J connectivity index is 1.42. The summed E-state index contributed by atoms with van der Waals surface area (Å²) in [5.41, 5.74) is 2.74. The quantitative estimate of drug-likeness (QED) is 0.880. The topological polar surface area (TPSA) is 79.6 Å². The maximum Gasteiger partial charge on any atom is 0.291 e. The number of hydrogen-bond donors (Lipinski definition) is 1. The van der Waals surface area contributed by atoms with Crippen molar-refractivity contribution >= 4 is 23.3 Å². The van der Waals surface area contributed by atoms with Crippen molar-refractivity contribution in [3.8, 4) is 0 Å². The number of benzene rings is 1. The van der Waals surface area contributed by atoms with E-state index in [9.17, 15) is 14.4 Å². The molecule has 1 fully saturated rings. The van der Waals surface area contributed by atoms with Gasteiger partial charge in [-0.2, -0.15) is 0 Å². The molecule has 6 nitrogen and oxygen atoms in total. The Morgan fingerprint density at radius 1 is 1.07 bits per heavy atom. The van der Waals surface area contributed by atoms with E-state index in [-0.39, 0.29) is 23.4 Å². The van der Waals surface area contributed by atoms with Crippen LogP contribution in [-0.4, -0.2) is 35.6 Å². The minimum Gasteiger partial charge on any atom is -0.455 e. The van der Waals surface area contributed by atoms with Crippen molar-refractivity contribution in [1.82, 2.24) is 4.90 Å². The number of anilines is 1. The van der Waals surface area contributed by atoms with Gasteiger partial charge in [0.15, 0.2) is 11.5 Å². The van der Waals surface area contributed by atoms with Gasteiger partial charge in [0.2, 0.25) is 5.91 Å². The van der Waals surface area contributed by atoms with Crippen molar-refractivity contribution < 1.29 is 18.8 Å². The van der Waals surface area contributed by atoms with Crippen LogP contribution in [0.5, 0.6) is 0 Å². The van der Waals surface area contributed by atoms with E-state index in [2.05, 4.69) is 5.32 Å². The molecule has 0 saturated carbocycles. The first kappa shape index (κ1) is 18.5. The van der Waals surface area contributed by atoms with Gasteiger partial charge in [-0.15, -0.1) is 0 Å². The number of aryl methyl sites for hydroxylation is 1. The summed E-state index contributed by atoms with van der Waals surface area (Å²) in [6.45, 7) is 3.46. The summed E-state index contributed by atoms with van der Waals surface area (Å²) >= 11 is 0. The van der Waals surface area contributed by atoms with Crippen LogP contribution in [-0.2, 0) is 17.6 Å². The lowest BCUT2D eigenvalue weighted by Crippen LogP contribution is -2.29. The van der Waals surface area contributed by atoms with Crippen molar-refractivity contribution in [3.05, 3.63) is 52.5 Å². The number of rotatable bonds is 4. The third-order valence-electron chi connectivity index (χ3n) is 5.54. The number of fused-ring (bicyclic) bond motifs is 1. The second-order valence-electron chi connectivity index (χ2n) is 7.55. The number of hydrogen-bond acceptors (Lipinski definition) is 4. The van der Waals surface area contributed by atoms with Crippen LogP contribution in [0.2, 0.25) is 0 Å². The lowest BCUT2D eigenvalue weighted by molar-refractivity contribution is -0.129. The van der Waals surface area contributed by atoms with E-state index in [0.717, 1.165) is 37.9 Å². The Labute approximate surface area is 163 Å². The summed E-state index contributed by atoms with van der Waals surface area (Å²) in [6.07, 6.45) is 4.49. The van der Waals surface area contributed by atoms with Gasteiger partial charge in [-0.25, -0.2) is 0 Å². The van der Waals surface area contributed by atoms with Crippen LogP contribution < -0.4 is 5.32 Å². The second kappa shape index (κ2) is 7.62. The van der Waals surface area contributed by atoms with Gasteiger partial charge in [0.25, 0.3) is 5.91 Å². The normalized spacial score (nSPS) is 16.2. The molecule has 146 valence electrons. The van der Waals surface area contributed by atoms with Crippen LogP contribution in [0, 0.1) is 6.92 Å². The van der Waals surface area contributed by atoms with Gasteiger partial charge in [-0.3, -0.25) is 14.4 Å². The average Bonchev–Trinajstić information content (AvgIpc) is 3.32. The van der Waals surface area contributed by atoms with E-state index in [1.807, 2.05) is 17.0 Å². The van der Waals surface area contributed by atoms with E-state index >= 15 is 0 Å². The highest BCUT2D eigenvalue weighted by atomic mass is 16.4. The summed E-state index contributed by atoms with van der Waals surface area (Å²) in [6, 6.07) is 7.28. The molecule has 2 heterocycles. The Hall–Kier alpha value is -2.89. The molecular weight excluding hydrogens is 356 g/mol. The van der Waals surface area contributed by atoms with Crippen molar-refractivity contribution in [2.75, 3.05) is 18.4 Å². The minimum atomic E-state index is -0.361.